The number of ether oxygens (including phenoxy) is 2. The maximum absolute atomic E-state index is 12.2. The van der Waals surface area contributed by atoms with Gasteiger partial charge in [-0.2, -0.15) is 0 Å². The van der Waals surface area contributed by atoms with Gasteiger partial charge in [0.1, 0.15) is 0 Å². The number of aliphatic hydroxyl groups excluding tert-OH is 1. The molecule has 1 amide bonds. The van der Waals surface area contributed by atoms with Crippen LogP contribution in [0.2, 0.25) is 0 Å². The van der Waals surface area contributed by atoms with E-state index in [0.29, 0.717) is 34.7 Å². The Morgan fingerprint density at radius 3 is 2.69 bits per heavy atom. The molecule has 0 spiro atoms. The molecule has 8 heteroatoms. The average Bonchev–Trinajstić information content (AvgIpc) is 3.29. The standard InChI is InChI=1S/C27H34N4O4/c1-18-19(17-32)8-6-9-22(18)30-26-20-14-24(34-3)25(15-23(20)29-16-21(26)27(28)33)35-13-7-12-31(2)10-4-5-11-31/h6,8-9,14-16,32H,4-5,7,10-13,17H2,1-3H3,(H2-,28,29,30,33)/p+1. The summed E-state index contributed by atoms with van der Waals surface area (Å²) in [6, 6.07) is 9.27. The highest BCUT2D eigenvalue weighted by atomic mass is 16.5. The van der Waals surface area contributed by atoms with Crippen LogP contribution < -0.4 is 20.5 Å². The van der Waals surface area contributed by atoms with Crippen LogP contribution in [-0.4, -0.2) is 60.9 Å². The Morgan fingerprint density at radius 1 is 1.23 bits per heavy atom. The number of amides is 1. The molecule has 1 fully saturated rings. The van der Waals surface area contributed by atoms with Crippen LogP contribution >= 0.6 is 0 Å². The lowest BCUT2D eigenvalue weighted by atomic mass is 10.0. The van der Waals surface area contributed by atoms with E-state index < -0.39 is 5.91 Å². The van der Waals surface area contributed by atoms with Crippen LogP contribution in [0.25, 0.3) is 10.9 Å². The lowest BCUT2D eigenvalue weighted by Crippen LogP contribution is -2.42. The topological polar surface area (TPSA) is 107 Å². The number of carbonyl (C=O) groups excluding carboxylic acids is 1. The van der Waals surface area contributed by atoms with E-state index in [1.54, 1.807) is 7.11 Å². The van der Waals surface area contributed by atoms with Crippen LogP contribution in [0.5, 0.6) is 11.5 Å². The van der Waals surface area contributed by atoms with Crippen molar-refractivity contribution in [1.82, 2.24) is 4.98 Å². The number of fused-ring (bicyclic) bond motifs is 1. The van der Waals surface area contributed by atoms with Crippen LogP contribution in [0.3, 0.4) is 0 Å². The molecule has 3 aromatic rings. The summed E-state index contributed by atoms with van der Waals surface area (Å²) in [7, 11) is 3.91. The molecule has 1 aromatic heterocycles. The van der Waals surface area contributed by atoms with Gasteiger partial charge in [-0.05, 0) is 30.2 Å². The van der Waals surface area contributed by atoms with E-state index in [4.69, 9.17) is 15.2 Å². The lowest BCUT2D eigenvalue weighted by molar-refractivity contribution is -0.897. The molecule has 35 heavy (non-hydrogen) atoms. The Labute approximate surface area is 206 Å². The fourth-order valence-electron chi connectivity index (χ4n) is 4.87. The minimum Gasteiger partial charge on any atom is -0.493 e. The number of pyridine rings is 1. The van der Waals surface area contributed by atoms with Gasteiger partial charge in [-0.25, -0.2) is 0 Å². The first-order valence-corrected chi connectivity index (χ1v) is 12.1. The molecule has 0 saturated carbocycles. The second-order valence-electron chi connectivity index (χ2n) is 9.50. The van der Waals surface area contributed by atoms with Crippen molar-refractivity contribution < 1.29 is 23.9 Å². The zero-order valence-electron chi connectivity index (χ0n) is 20.8. The summed E-state index contributed by atoms with van der Waals surface area (Å²) in [4.78, 5) is 16.7. The van der Waals surface area contributed by atoms with Crippen molar-refractivity contribution in [3.63, 3.8) is 0 Å². The molecule has 0 aliphatic carbocycles. The number of benzene rings is 2. The molecule has 0 atom stereocenters. The van der Waals surface area contributed by atoms with E-state index >= 15 is 0 Å². The van der Waals surface area contributed by atoms with Gasteiger partial charge in [0.25, 0.3) is 5.91 Å². The highest BCUT2D eigenvalue weighted by Gasteiger charge is 2.26. The number of likely N-dealkylation sites (tertiary alicyclic amines) is 1. The van der Waals surface area contributed by atoms with Crippen molar-refractivity contribution in [2.24, 2.45) is 5.73 Å². The molecule has 1 aliphatic rings. The predicted octanol–water partition coefficient (Wildman–Crippen LogP) is 3.90. The molecule has 4 rings (SSSR count). The van der Waals surface area contributed by atoms with Gasteiger partial charge >= 0.3 is 0 Å². The molecule has 0 radical (unpaired) electrons. The number of nitrogens with two attached hydrogens (primary N) is 1. The number of aliphatic hydroxyl groups is 1. The number of aromatic nitrogens is 1. The maximum Gasteiger partial charge on any atom is 0.252 e. The zero-order chi connectivity index (χ0) is 25.0. The van der Waals surface area contributed by atoms with Crippen LogP contribution in [0.1, 0.15) is 40.7 Å². The highest BCUT2D eigenvalue weighted by Crippen LogP contribution is 2.38. The second-order valence-corrected chi connectivity index (χ2v) is 9.50. The SMILES string of the molecule is COc1cc2c(Nc3cccc(CO)c3C)c(C(N)=O)cnc2cc1OCCC[N+]1(C)CCCC1. The number of primary amides is 1. The van der Waals surface area contributed by atoms with Gasteiger partial charge in [0.05, 0.1) is 63.8 Å². The molecule has 2 aromatic carbocycles. The largest absolute Gasteiger partial charge is 0.493 e. The molecule has 0 unspecified atom stereocenters. The Balaban J connectivity index is 1.65. The van der Waals surface area contributed by atoms with Crippen LogP contribution in [0.15, 0.2) is 36.5 Å². The van der Waals surface area contributed by atoms with E-state index in [-0.39, 0.29) is 12.2 Å². The number of nitrogens with zero attached hydrogens (tertiary/aromatic N) is 2. The molecule has 8 nitrogen and oxygen atoms in total. The summed E-state index contributed by atoms with van der Waals surface area (Å²) < 4.78 is 12.9. The number of anilines is 2. The van der Waals surface area contributed by atoms with Gasteiger partial charge in [0.15, 0.2) is 11.5 Å². The van der Waals surface area contributed by atoms with Gasteiger partial charge in [0.2, 0.25) is 0 Å². The monoisotopic (exact) mass is 479 g/mol. The van der Waals surface area contributed by atoms with Crippen molar-refractivity contribution >= 4 is 28.2 Å². The molecule has 186 valence electrons. The number of carbonyl (C=O) groups is 1. The third kappa shape index (κ3) is 5.33. The average molecular weight is 480 g/mol. The van der Waals surface area contributed by atoms with Crippen LogP contribution in [0.4, 0.5) is 11.4 Å². The van der Waals surface area contributed by atoms with E-state index in [1.165, 1.54) is 32.1 Å². The number of methoxy groups -OCH3 is 1. The Kier molecular flexibility index (Phi) is 7.42. The van der Waals surface area contributed by atoms with Crippen molar-refractivity contribution in [3.8, 4) is 11.5 Å². The van der Waals surface area contributed by atoms with E-state index in [2.05, 4.69) is 17.3 Å². The Bertz CT molecular complexity index is 1220. The van der Waals surface area contributed by atoms with Gasteiger partial charge in [0, 0.05) is 42.6 Å². The summed E-state index contributed by atoms with van der Waals surface area (Å²) in [6.07, 6.45) is 5.04. The highest BCUT2D eigenvalue weighted by molar-refractivity contribution is 6.08. The number of hydrogen-bond acceptors (Lipinski definition) is 6. The molecule has 2 heterocycles. The van der Waals surface area contributed by atoms with Crippen LogP contribution in [-0.2, 0) is 6.61 Å². The quantitative estimate of drug-likeness (QED) is 0.301. The van der Waals surface area contributed by atoms with E-state index in [1.807, 2.05) is 37.3 Å². The number of rotatable bonds is 10. The van der Waals surface area contributed by atoms with Crippen molar-refractivity contribution in [2.45, 2.75) is 32.8 Å². The van der Waals surface area contributed by atoms with Gasteiger partial charge in [-0.15, -0.1) is 0 Å². The van der Waals surface area contributed by atoms with E-state index in [0.717, 1.165) is 34.3 Å². The molecule has 1 aliphatic heterocycles. The first-order valence-electron chi connectivity index (χ1n) is 12.1. The second kappa shape index (κ2) is 10.5. The van der Waals surface area contributed by atoms with Gasteiger partial charge < -0.3 is 30.1 Å². The lowest BCUT2D eigenvalue weighted by Gasteiger charge is -2.29. The van der Waals surface area contributed by atoms with Gasteiger partial charge in [-0.1, -0.05) is 12.1 Å². The van der Waals surface area contributed by atoms with Gasteiger partial charge in [-0.3, -0.25) is 9.78 Å². The first-order chi connectivity index (χ1) is 16.8. The number of nitrogens with one attached hydrogen (secondary N) is 1. The maximum atomic E-state index is 12.2. The molecular weight excluding hydrogens is 444 g/mol. The van der Waals surface area contributed by atoms with E-state index in [9.17, 15) is 9.90 Å². The summed E-state index contributed by atoms with van der Waals surface area (Å²) in [6.45, 7) is 6.00. The fourth-order valence-corrected chi connectivity index (χ4v) is 4.87. The summed E-state index contributed by atoms with van der Waals surface area (Å²) >= 11 is 0. The minimum absolute atomic E-state index is 0.0757. The molecular formula is C27H35N4O4+. The van der Waals surface area contributed by atoms with Crippen molar-refractivity contribution in [3.05, 3.63) is 53.2 Å². The third-order valence-electron chi connectivity index (χ3n) is 7.04. The fraction of sp³-hybridized carbons (Fsp3) is 0.407. The Hall–Kier alpha value is -3.36. The molecule has 1 saturated heterocycles. The first kappa shape index (κ1) is 24.8. The third-order valence-corrected chi connectivity index (χ3v) is 7.04. The summed E-state index contributed by atoms with van der Waals surface area (Å²) in [5, 5.41) is 13.7. The Morgan fingerprint density at radius 2 is 2.00 bits per heavy atom. The van der Waals surface area contributed by atoms with Crippen molar-refractivity contribution in [1.29, 1.82) is 0 Å². The molecule has 4 N–H and O–H groups in total. The van der Waals surface area contributed by atoms with Crippen molar-refractivity contribution in [2.75, 3.05) is 45.7 Å². The summed E-state index contributed by atoms with van der Waals surface area (Å²) in [5.74, 6) is 0.592. The minimum atomic E-state index is -0.587. The normalized spacial score (nSPS) is 14.7. The number of hydrogen-bond donors (Lipinski definition) is 3. The smallest absolute Gasteiger partial charge is 0.252 e. The summed E-state index contributed by atoms with van der Waals surface area (Å²) in [5.41, 5.74) is 9.60. The number of quaternary nitrogens is 1. The zero-order valence-corrected chi connectivity index (χ0v) is 20.8. The van der Waals surface area contributed by atoms with Crippen LogP contribution in [0, 0.1) is 6.92 Å². The predicted molar refractivity (Wildman–Crippen MR) is 137 cm³/mol. The molecule has 0 bridgehead atoms.